The van der Waals surface area contributed by atoms with Crippen molar-refractivity contribution in [1.82, 2.24) is 0 Å². The van der Waals surface area contributed by atoms with Gasteiger partial charge >= 0.3 is 18.9 Å². The summed E-state index contributed by atoms with van der Waals surface area (Å²) in [6, 6.07) is 14.9. The van der Waals surface area contributed by atoms with Gasteiger partial charge in [-0.25, -0.2) is 0 Å². The summed E-state index contributed by atoms with van der Waals surface area (Å²) >= 11 is 0. The second-order valence-electron chi connectivity index (χ2n) is 4.28. The molecule has 0 bridgehead atoms. The van der Waals surface area contributed by atoms with Gasteiger partial charge in [0.1, 0.15) is 5.75 Å². The molecule has 0 saturated heterocycles. The molecule has 2 aromatic rings. The van der Waals surface area contributed by atoms with Gasteiger partial charge in [0.15, 0.2) is 0 Å². The number of carbonyl (C=O) groups is 1. The first-order valence-electron chi connectivity index (χ1n) is 6.95. The Balaban J connectivity index is 0.00000242. The van der Waals surface area contributed by atoms with Crippen LogP contribution in [0.3, 0.4) is 0 Å². The summed E-state index contributed by atoms with van der Waals surface area (Å²) in [6.45, 7) is 5.02. The zero-order chi connectivity index (χ0) is 15.1. The van der Waals surface area contributed by atoms with Crippen molar-refractivity contribution in [3.63, 3.8) is 0 Å². The predicted molar refractivity (Wildman–Crippen MR) is 86.1 cm³/mol. The number of ether oxygens (including phenoxy) is 2. The number of rotatable bonds is 7. The average molecular weight is 308 g/mol. The maximum absolute atomic E-state index is 12.3. The molecule has 2 aromatic carbocycles. The van der Waals surface area contributed by atoms with Crippen LogP contribution in [-0.2, 0) is 0 Å². The van der Waals surface area contributed by atoms with Gasteiger partial charge in [-0.3, -0.25) is 0 Å². The fourth-order valence-corrected chi connectivity index (χ4v) is 2.75. The molecule has 0 unspecified atom stereocenters. The molecule has 3 nitrogen and oxygen atoms in total. The number of hydrogen-bond donors (Lipinski definition) is 0. The Morgan fingerprint density at radius 1 is 1.00 bits per heavy atom. The Morgan fingerprint density at radius 2 is 1.68 bits per heavy atom. The summed E-state index contributed by atoms with van der Waals surface area (Å²) < 4.78 is 11.1. The van der Waals surface area contributed by atoms with Crippen LogP contribution in [0, 0.1) is 0 Å². The molecule has 0 fully saturated rings. The van der Waals surface area contributed by atoms with E-state index in [0.717, 1.165) is 11.1 Å². The smallest absolute Gasteiger partial charge is 0.496 e. The van der Waals surface area contributed by atoms with E-state index in [-0.39, 0.29) is 24.4 Å². The van der Waals surface area contributed by atoms with E-state index in [9.17, 15) is 4.79 Å². The molecule has 0 aliphatic rings. The predicted octanol–water partition coefficient (Wildman–Crippen LogP) is 0.900. The van der Waals surface area contributed by atoms with E-state index in [1.165, 1.54) is 0 Å². The Bertz CT molecular complexity index is 602. The molecule has 0 N–H and O–H groups in total. The Morgan fingerprint density at radius 3 is 2.32 bits per heavy atom. The second kappa shape index (κ2) is 9.69. The van der Waals surface area contributed by atoms with Crippen LogP contribution < -0.4 is 33.6 Å². The van der Waals surface area contributed by atoms with Gasteiger partial charge in [0.25, 0.3) is 0 Å². The van der Waals surface area contributed by atoms with E-state index in [1.807, 2.05) is 62.4 Å². The topological polar surface area (TPSA) is 35.5 Å². The van der Waals surface area contributed by atoms with Crippen LogP contribution in [0.25, 0.3) is 0 Å². The van der Waals surface area contributed by atoms with Crippen molar-refractivity contribution in [3.8, 4) is 11.5 Å². The van der Waals surface area contributed by atoms with E-state index in [1.54, 1.807) is 0 Å². The molecule has 110 valence electrons. The van der Waals surface area contributed by atoms with Crippen molar-refractivity contribution < 1.29 is 33.1 Å². The summed E-state index contributed by atoms with van der Waals surface area (Å²) in [4.78, 5) is 12.3. The van der Waals surface area contributed by atoms with E-state index in [4.69, 9.17) is 9.47 Å². The largest absolute Gasteiger partial charge is 1.00 e. The first kappa shape index (κ1) is 18.8. The van der Waals surface area contributed by atoms with Crippen LogP contribution in [0.5, 0.6) is 11.5 Å². The summed E-state index contributed by atoms with van der Waals surface area (Å²) in [5.41, 5.74) is 0.760. The van der Waals surface area contributed by atoms with Crippen molar-refractivity contribution >= 4 is 19.4 Å². The number of carbonyl (C=O) groups excluding carboxylic acids is 1. The van der Waals surface area contributed by atoms with Crippen LogP contribution in [-0.4, -0.2) is 18.7 Å². The van der Waals surface area contributed by atoms with Crippen LogP contribution in [0.15, 0.2) is 48.5 Å². The molecule has 0 aromatic heterocycles. The second-order valence-corrected chi connectivity index (χ2v) is 5.39. The normalized spacial score (nSPS) is 10.3. The zero-order valence-corrected chi connectivity index (χ0v) is 14.1. The van der Waals surface area contributed by atoms with Gasteiger partial charge in [0.2, 0.25) is 0 Å². The van der Waals surface area contributed by atoms with Crippen molar-refractivity contribution in [1.29, 1.82) is 0 Å². The first-order valence-corrected chi connectivity index (χ1v) is 7.84. The minimum Gasteiger partial charge on any atom is -0.496 e. The van der Waals surface area contributed by atoms with Gasteiger partial charge < -0.3 is 22.8 Å². The van der Waals surface area contributed by atoms with Crippen LogP contribution in [0.4, 0.5) is 0 Å². The molecule has 0 heterocycles. The van der Waals surface area contributed by atoms with Crippen molar-refractivity contribution in [2.24, 2.45) is 0 Å². The van der Waals surface area contributed by atoms with Gasteiger partial charge in [0, 0.05) is 11.6 Å². The minimum atomic E-state index is 0. The molecular weight excluding hydrogens is 290 g/mol. The molecule has 5 heteroatoms. The summed E-state index contributed by atoms with van der Waals surface area (Å²) in [5.74, 6) is 1.46. The van der Waals surface area contributed by atoms with Gasteiger partial charge in [-0.05, 0) is 25.5 Å². The maximum atomic E-state index is 12.3. The van der Waals surface area contributed by atoms with Crippen molar-refractivity contribution in [3.05, 3.63) is 54.1 Å². The fraction of sp³-hybridized carbons (Fsp3) is 0.235. The van der Waals surface area contributed by atoms with E-state index < -0.39 is 0 Å². The fourth-order valence-electron chi connectivity index (χ4n) is 1.87. The summed E-state index contributed by atoms with van der Waals surface area (Å²) in [7, 11) is 0.607. The molecular formula is C17H18LiO3P. The monoisotopic (exact) mass is 308 g/mol. The summed E-state index contributed by atoms with van der Waals surface area (Å²) in [6.07, 6.45) is 0. The average Bonchev–Trinajstić information content (AvgIpc) is 2.51. The third-order valence-corrected chi connectivity index (χ3v) is 3.86. The van der Waals surface area contributed by atoms with Gasteiger partial charge in [-0.2, -0.15) is 5.30 Å². The number of hydrogen-bond acceptors (Lipinski definition) is 3. The summed E-state index contributed by atoms with van der Waals surface area (Å²) in [5, 5.41) is 0.856. The van der Waals surface area contributed by atoms with Gasteiger partial charge in [0.05, 0.1) is 19.0 Å². The maximum Gasteiger partial charge on any atom is 1.00 e. The minimum absolute atomic E-state index is 0. The molecule has 2 rings (SSSR count). The van der Waals surface area contributed by atoms with Crippen LogP contribution in [0.1, 0.15) is 24.2 Å². The van der Waals surface area contributed by atoms with Gasteiger partial charge in [-0.15, -0.1) is 0 Å². The third kappa shape index (κ3) is 5.18. The van der Waals surface area contributed by atoms with E-state index >= 15 is 0 Å². The third-order valence-electron chi connectivity index (χ3n) is 2.78. The quantitative estimate of drug-likeness (QED) is 0.563. The Kier molecular flexibility index (Phi) is 8.28. The Labute approximate surface area is 145 Å². The van der Waals surface area contributed by atoms with E-state index in [0.29, 0.717) is 33.1 Å². The molecule has 0 radical (unpaired) electrons. The molecule has 0 saturated carbocycles. The van der Waals surface area contributed by atoms with E-state index in [2.05, 4.69) is 0 Å². The molecule has 0 atom stereocenters. The van der Waals surface area contributed by atoms with Crippen molar-refractivity contribution in [2.75, 3.05) is 13.2 Å². The molecule has 22 heavy (non-hydrogen) atoms. The number of benzene rings is 2. The van der Waals surface area contributed by atoms with Gasteiger partial charge in [-0.1, -0.05) is 36.4 Å². The molecule has 0 spiro atoms. The molecule has 0 amide bonds. The van der Waals surface area contributed by atoms with Crippen LogP contribution >= 0.6 is 8.58 Å². The SMILES string of the molecule is CCOc1ccc([P-]C(=O)c2ccccc2)c(OCC)c1.[Li+]. The molecule has 0 aliphatic carbocycles. The standard InChI is InChI=1S/C17H18O3P.Li/c1-3-19-14-10-11-16(15(12-14)20-4-2)21-17(18)13-8-6-5-7-9-13;/h5-12H,3-4H2,1-2H3;/q-1;+1. The first-order chi connectivity index (χ1) is 10.2. The van der Waals surface area contributed by atoms with Crippen molar-refractivity contribution in [2.45, 2.75) is 13.8 Å². The molecule has 0 aliphatic heterocycles. The Hall–Kier alpha value is -1.26. The zero-order valence-electron chi connectivity index (χ0n) is 13.2. The van der Waals surface area contributed by atoms with Crippen LogP contribution in [0.2, 0.25) is 0 Å².